The minimum atomic E-state index is -0.567. The lowest BCUT2D eigenvalue weighted by Crippen LogP contribution is -2.62. The van der Waals surface area contributed by atoms with Gasteiger partial charge in [0.15, 0.2) is 11.5 Å². The first-order valence-corrected chi connectivity index (χ1v) is 25.9. The summed E-state index contributed by atoms with van der Waals surface area (Å²) < 4.78 is 18.8. The second-order valence-electron chi connectivity index (χ2n) is 20.6. The molecule has 1 aromatic rings. The molecule has 2 N–H and O–H groups in total. The smallest absolute Gasteiger partial charge is 0.345 e. The van der Waals surface area contributed by atoms with E-state index in [0.29, 0.717) is 39.9 Å². The molecule has 5 heterocycles. The Morgan fingerprint density at radius 2 is 1.76 bits per heavy atom. The third-order valence-electron chi connectivity index (χ3n) is 18.2. The largest absolute Gasteiger partial charge is 0.492 e. The van der Waals surface area contributed by atoms with Gasteiger partial charge in [-0.3, -0.25) is 4.90 Å². The minimum absolute atomic E-state index is 0.0511. The molecule has 1 unspecified atom stereocenters. The van der Waals surface area contributed by atoms with E-state index in [0.717, 1.165) is 49.2 Å². The lowest BCUT2D eigenvalue weighted by molar-refractivity contribution is -0.133. The molecule has 0 radical (unpaired) electrons. The number of hydrogen-bond donors (Lipinski definition) is 2. The van der Waals surface area contributed by atoms with Crippen LogP contribution in [-0.4, -0.2) is 70.0 Å². The molecule has 59 heavy (non-hydrogen) atoms. The maximum absolute atomic E-state index is 13.6. The Labute approximate surface area is 359 Å². The zero-order valence-electron chi connectivity index (χ0n) is 35.2. The molecule has 2 spiro atoms. The lowest BCUT2D eigenvalue weighted by atomic mass is 9.64. The van der Waals surface area contributed by atoms with E-state index in [-0.39, 0.29) is 46.6 Å². The van der Waals surface area contributed by atoms with Gasteiger partial charge in [-0.2, -0.15) is 0 Å². The highest BCUT2D eigenvalue weighted by Crippen LogP contribution is 2.71. The molecule has 3 bridgehead atoms. The van der Waals surface area contributed by atoms with E-state index in [1.807, 2.05) is 0 Å². The van der Waals surface area contributed by atoms with Gasteiger partial charge in [-0.25, -0.2) is 4.79 Å². The molecule has 4 saturated carbocycles. The third-order valence-corrected chi connectivity index (χ3v) is 21.5. The first-order chi connectivity index (χ1) is 28.8. The fourth-order valence-electron chi connectivity index (χ4n) is 15.8. The second-order valence-corrected chi connectivity index (χ2v) is 23.3. The Hall–Kier alpha value is -2.17. The number of benzene rings is 1. The maximum atomic E-state index is 13.6. The number of allylic oxidation sites excluding steroid dienone is 2. The highest BCUT2D eigenvalue weighted by molar-refractivity contribution is 8.77. The number of aliphatic hydroxyl groups excluding tert-OH is 2. The molecule has 1 aromatic carbocycles. The molecular weight excluding hydrogens is 775 g/mol. The van der Waals surface area contributed by atoms with Crippen molar-refractivity contribution in [1.29, 1.82) is 0 Å². The van der Waals surface area contributed by atoms with Gasteiger partial charge in [0, 0.05) is 46.9 Å². The quantitative estimate of drug-likeness (QED) is 0.175. The molecule has 0 amide bonds. The normalized spacial score (nSPS) is 43.1. The summed E-state index contributed by atoms with van der Waals surface area (Å²) in [6.45, 7) is 2.70. The highest BCUT2D eigenvalue weighted by Gasteiger charge is 2.65. The molecule has 0 aromatic heterocycles. The molecule has 12 atom stereocenters. The van der Waals surface area contributed by atoms with Crippen LogP contribution in [0.5, 0.6) is 0 Å². The summed E-state index contributed by atoms with van der Waals surface area (Å²) in [5.74, 6) is 6.38. The topological polar surface area (TPSA) is 88.5 Å². The average molecular weight is 840 g/mol. The van der Waals surface area contributed by atoms with Crippen LogP contribution in [0.25, 0.3) is 0 Å². The molecule has 7 nitrogen and oxygen atoms in total. The van der Waals surface area contributed by atoms with E-state index in [9.17, 15) is 15.0 Å². The number of esters is 1. The number of hydrogen-bond acceptors (Lipinski definition) is 9. The fraction of sp³-hybridized carbons (Fsp3) is 0.700. The fourth-order valence-corrected chi connectivity index (χ4v) is 19.5. The predicted octanol–water partition coefficient (Wildman–Crippen LogP) is 10.1. The number of carbonyl (C=O) groups excluding carboxylic acids is 1. The molecule has 3 saturated heterocycles. The zero-order chi connectivity index (χ0) is 40.0. The van der Waals surface area contributed by atoms with Gasteiger partial charge in [-0.1, -0.05) is 109 Å². The Kier molecular flexibility index (Phi) is 10.5. The van der Waals surface area contributed by atoms with E-state index < -0.39 is 18.7 Å². The zero-order valence-corrected chi connectivity index (χ0v) is 36.8. The Morgan fingerprint density at radius 3 is 2.54 bits per heavy atom. The summed E-state index contributed by atoms with van der Waals surface area (Å²) in [6.07, 6.45) is 24.8. The van der Waals surface area contributed by atoms with Crippen LogP contribution in [0.3, 0.4) is 0 Å². The van der Waals surface area contributed by atoms with Crippen molar-refractivity contribution in [3.63, 3.8) is 0 Å². The summed E-state index contributed by atoms with van der Waals surface area (Å²) >= 11 is 0. The van der Waals surface area contributed by atoms with Gasteiger partial charge in [0.2, 0.25) is 5.76 Å². The molecule has 318 valence electrons. The molecule has 10 aliphatic rings. The van der Waals surface area contributed by atoms with Crippen LogP contribution in [0.1, 0.15) is 121 Å². The summed E-state index contributed by atoms with van der Waals surface area (Å²) in [5, 5.41) is 23.7. The van der Waals surface area contributed by atoms with Gasteiger partial charge in [0.05, 0.1) is 19.8 Å². The number of methoxy groups -OCH3 is 1. The van der Waals surface area contributed by atoms with Crippen LogP contribution in [0, 0.1) is 52.8 Å². The second kappa shape index (κ2) is 15.6. The first kappa shape index (κ1) is 39.7. The number of ether oxygens (including phenoxy) is 3. The maximum Gasteiger partial charge on any atom is 0.345 e. The average Bonchev–Trinajstić information content (AvgIpc) is 4.12. The van der Waals surface area contributed by atoms with Crippen molar-refractivity contribution in [2.45, 2.75) is 139 Å². The van der Waals surface area contributed by atoms with Crippen LogP contribution in [0.4, 0.5) is 0 Å². The number of cyclic esters (lactones) is 1. The van der Waals surface area contributed by atoms with Gasteiger partial charge in [-0.05, 0) is 117 Å². The van der Waals surface area contributed by atoms with Crippen LogP contribution in [0.2, 0.25) is 0 Å². The number of rotatable bonds is 4. The van der Waals surface area contributed by atoms with Crippen LogP contribution < -0.4 is 0 Å². The highest BCUT2D eigenvalue weighted by atomic mass is 33.1. The summed E-state index contributed by atoms with van der Waals surface area (Å²) in [5.41, 5.74) is 3.43. The van der Waals surface area contributed by atoms with Gasteiger partial charge in [0.25, 0.3) is 0 Å². The summed E-state index contributed by atoms with van der Waals surface area (Å²) in [4.78, 5) is 15.8. The van der Waals surface area contributed by atoms with Crippen LogP contribution >= 0.6 is 21.6 Å². The van der Waals surface area contributed by atoms with Crippen molar-refractivity contribution in [3.05, 3.63) is 82.2 Å². The Morgan fingerprint density at radius 1 is 0.949 bits per heavy atom. The standard InChI is InChI=1S/C50H65NO6S2/c1-29-41-39-24-36-37-26-49(42(36)31-13-4-3-5-14-31)21-18-34(25-49)50(19-8-9-20-50)59-58-28-33-17-16-32(30-11-6-7-12-30)23-35(33)44(53)43(37)51(39)22-10-15-40(41)56-45(29)47-46(55-2)38(27-52)48(54)57-47/h3-5,13-15,17,29-30,32,34-37,39,41-44,52-53H,6-12,16,18-28H2,1-2H3/t29-,32+,34-,35+,36+,37-,39-,41+,42-,43?,44+,49-/m1/s1. The van der Waals surface area contributed by atoms with E-state index >= 15 is 0 Å². The van der Waals surface area contributed by atoms with Crippen molar-refractivity contribution < 1.29 is 29.2 Å². The van der Waals surface area contributed by atoms with Crippen molar-refractivity contribution in [2.75, 3.05) is 26.0 Å². The monoisotopic (exact) mass is 839 g/mol. The van der Waals surface area contributed by atoms with E-state index in [4.69, 9.17) is 14.2 Å². The Balaban J connectivity index is 1.05. The van der Waals surface area contributed by atoms with Crippen molar-refractivity contribution in [1.82, 2.24) is 4.90 Å². The lowest BCUT2D eigenvalue weighted by Gasteiger charge is -2.54. The first-order valence-electron chi connectivity index (χ1n) is 23.5. The van der Waals surface area contributed by atoms with E-state index in [1.54, 1.807) is 0 Å². The van der Waals surface area contributed by atoms with Gasteiger partial charge in [-0.15, -0.1) is 0 Å². The van der Waals surface area contributed by atoms with Crippen molar-refractivity contribution in [2.24, 2.45) is 52.8 Å². The van der Waals surface area contributed by atoms with Gasteiger partial charge >= 0.3 is 5.97 Å². The van der Waals surface area contributed by atoms with Crippen molar-refractivity contribution >= 4 is 27.6 Å². The number of fused-ring (bicyclic) bond motifs is 7. The van der Waals surface area contributed by atoms with Crippen molar-refractivity contribution in [3.8, 4) is 0 Å². The van der Waals surface area contributed by atoms with Gasteiger partial charge < -0.3 is 24.4 Å². The molecule has 5 aliphatic carbocycles. The molecule has 5 aliphatic heterocycles. The summed E-state index contributed by atoms with van der Waals surface area (Å²) in [7, 11) is 5.96. The molecule has 7 fully saturated rings. The SMILES string of the molecule is COC1=C(CO)C(=O)OC1=C1OC2=CCCN3C4[C@@H](O)[C@H]5C[C@@H](C6CCCC6)CC=C5CSSC5(CCCC5)[C@@H]5CC[C@@]6(C5)C[C@@H]4[C@H](C[C@@H]3[C@@H]2[C@H]1C)[C@H]6c1ccccc1. The molecule has 11 rings (SSSR count). The minimum Gasteiger partial charge on any atom is -0.492 e. The third kappa shape index (κ3) is 6.33. The van der Waals surface area contributed by atoms with Crippen LogP contribution in [0.15, 0.2) is 76.7 Å². The van der Waals surface area contributed by atoms with E-state index in [2.05, 4.69) is 75.9 Å². The van der Waals surface area contributed by atoms with Gasteiger partial charge in [0.1, 0.15) is 11.3 Å². The predicted molar refractivity (Wildman–Crippen MR) is 234 cm³/mol. The number of carbonyl (C=O) groups is 1. The number of piperidine rings is 1. The molecular formula is C50H65NO6S2. The van der Waals surface area contributed by atoms with E-state index in [1.165, 1.54) is 102 Å². The van der Waals surface area contributed by atoms with Crippen LogP contribution in [-0.2, 0) is 19.0 Å². The molecule has 9 heteroatoms. The summed E-state index contributed by atoms with van der Waals surface area (Å²) in [6, 6.07) is 11.9. The number of aliphatic hydroxyl groups is 2. The number of nitrogens with zero attached hydrogens (tertiary/aromatic N) is 1. The Bertz CT molecular complexity index is 1930.